The molecule has 0 heterocycles. The molecule has 0 saturated carbocycles. The maximum atomic E-state index is 13.9. The van der Waals surface area contributed by atoms with Gasteiger partial charge < -0.3 is 25.6 Å². The number of halogens is 3. The molecule has 3 aromatic carbocycles. The lowest BCUT2D eigenvalue weighted by atomic mass is 10.0. The predicted octanol–water partition coefficient (Wildman–Crippen LogP) is 5.93. The molecule has 0 fully saturated rings. The molecule has 3 aromatic rings. The SMILES string of the molecule is Cc1cccc(C)c1NC(=O)C(NC(=S)Nc1ccc(OCCN(C)C)cc1C(F)(F)F)c1ccccc1. The molecule has 0 spiro atoms. The highest BCUT2D eigenvalue weighted by Crippen LogP contribution is 2.37. The van der Waals surface area contributed by atoms with Crippen LogP contribution in [0.5, 0.6) is 5.75 Å². The van der Waals surface area contributed by atoms with Crippen LogP contribution in [0.25, 0.3) is 0 Å². The van der Waals surface area contributed by atoms with Crippen molar-refractivity contribution in [3.63, 3.8) is 0 Å². The minimum Gasteiger partial charge on any atom is -0.492 e. The monoisotopic (exact) mass is 544 g/mol. The molecule has 0 aliphatic rings. The third-order valence-electron chi connectivity index (χ3n) is 5.75. The Kier molecular flexibility index (Phi) is 9.71. The molecule has 0 bridgehead atoms. The van der Waals surface area contributed by atoms with Gasteiger partial charge in [-0.05, 0) is 75.1 Å². The third-order valence-corrected chi connectivity index (χ3v) is 5.97. The molecule has 1 atom stereocenters. The third kappa shape index (κ3) is 7.93. The Morgan fingerprint density at radius 3 is 2.24 bits per heavy atom. The second kappa shape index (κ2) is 12.7. The Morgan fingerprint density at radius 1 is 0.974 bits per heavy atom. The number of nitrogens with zero attached hydrogens (tertiary/aromatic N) is 1. The van der Waals surface area contributed by atoms with Gasteiger partial charge in [-0.3, -0.25) is 4.79 Å². The van der Waals surface area contributed by atoms with Crippen LogP contribution in [0.2, 0.25) is 0 Å². The molecular formula is C28H31F3N4O2S. The van der Waals surface area contributed by atoms with E-state index in [-0.39, 0.29) is 23.2 Å². The summed E-state index contributed by atoms with van der Waals surface area (Å²) in [6.07, 6.45) is -4.66. The van der Waals surface area contributed by atoms with E-state index in [1.165, 1.54) is 12.1 Å². The zero-order chi connectivity index (χ0) is 27.9. The first-order valence-electron chi connectivity index (χ1n) is 11.9. The second-order valence-corrected chi connectivity index (χ2v) is 9.46. The van der Waals surface area contributed by atoms with E-state index >= 15 is 0 Å². The lowest BCUT2D eigenvalue weighted by molar-refractivity contribution is -0.137. The number of anilines is 2. The first kappa shape index (κ1) is 28.9. The molecule has 10 heteroatoms. The Morgan fingerprint density at radius 2 is 1.63 bits per heavy atom. The van der Waals surface area contributed by atoms with E-state index in [1.807, 2.05) is 51.0 Å². The fraction of sp³-hybridized carbons (Fsp3) is 0.286. The summed E-state index contributed by atoms with van der Waals surface area (Å²) in [5.74, 6) is -0.308. The van der Waals surface area contributed by atoms with Crippen molar-refractivity contribution in [3.8, 4) is 5.75 Å². The Labute approximate surface area is 226 Å². The van der Waals surface area contributed by atoms with Crippen LogP contribution in [0.1, 0.15) is 28.3 Å². The Bertz CT molecular complexity index is 1250. The van der Waals surface area contributed by atoms with Gasteiger partial charge in [-0.15, -0.1) is 0 Å². The van der Waals surface area contributed by atoms with Crippen LogP contribution in [0.15, 0.2) is 66.7 Å². The number of para-hydroxylation sites is 1. The van der Waals surface area contributed by atoms with Gasteiger partial charge in [0.05, 0.1) is 11.3 Å². The lowest BCUT2D eigenvalue weighted by Gasteiger charge is -2.23. The van der Waals surface area contributed by atoms with Crippen LogP contribution in [0, 0.1) is 13.8 Å². The maximum absolute atomic E-state index is 13.9. The van der Waals surface area contributed by atoms with Crippen molar-refractivity contribution in [1.29, 1.82) is 0 Å². The quantitative estimate of drug-likeness (QED) is 0.290. The summed E-state index contributed by atoms with van der Waals surface area (Å²) >= 11 is 5.36. The van der Waals surface area contributed by atoms with Gasteiger partial charge >= 0.3 is 6.18 Å². The number of hydrogen-bond acceptors (Lipinski definition) is 4. The molecule has 3 N–H and O–H groups in total. The van der Waals surface area contributed by atoms with Crippen molar-refractivity contribution in [2.75, 3.05) is 37.9 Å². The normalized spacial score (nSPS) is 12.1. The van der Waals surface area contributed by atoms with Gasteiger partial charge in [0.2, 0.25) is 0 Å². The molecule has 0 aliphatic carbocycles. The Balaban J connectivity index is 1.82. The Hall–Kier alpha value is -3.63. The van der Waals surface area contributed by atoms with E-state index in [0.717, 1.165) is 17.2 Å². The summed E-state index contributed by atoms with van der Waals surface area (Å²) in [4.78, 5) is 15.2. The molecule has 0 radical (unpaired) electrons. The maximum Gasteiger partial charge on any atom is 0.418 e. The molecule has 6 nitrogen and oxygen atoms in total. The fourth-order valence-electron chi connectivity index (χ4n) is 3.74. The number of thiocarbonyl (C=S) groups is 1. The largest absolute Gasteiger partial charge is 0.492 e. The topological polar surface area (TPSA) is 65.6 Å². The first-order valence-corrected chi connectivity index (χ1v) is 12.3. The highest BCUT2D eigenvalue weighted by Gasteiger charge is 2.34. The van der Waals surface area contributed by atoms with Crippen LogP contribution >= 0.6 is 12.2 Å². The summed E-state index contributed by atoms with van der Waals surface area (Å²) in [7, 11) is 3.69. The van der Waals surface area contributed by atoms with Crippen LogP contribution < -0.4 is 20.7 Å². The number of aryl methyl sites for hydroxylation is 2. The van der Waals surface area contributed by atoms with Crippen molar-refractivity contribution in [2.45, 2.75) is 26.1 Å². The van der Waals surface area contributed by atoms with Gasteiger partial charge in [0, 0.05) is 12.2 Å². The number of ether oxygens (including phenoxy) is 1. The molecular weight excluding hydrogens is 513 g/mol. The second-order valence-electron chi connectivity index (χ2n) is 9.06. The van der Waals surface area contributed by atoms with E-state index in [4.69, 9.17) is 17.0 Å². The van der Waals surface area contributed by atoms with Crippen LogP contribution in [-0.4, -0.2) is 43.2 Å². The molecule has 0 aromatic heterocycles. The van der Waals surface area contributed by atoms with Crippen LogP contribution in [0.4, 0.5) is 24.5 Å². The zero-order valence-electron chi connectivity index (χ0n) is 21.6. The summed E-state index contributed by atoms with van der Waals surface area (Å²) in [5, 5.41) is 8.29. The van der Waals surface area contributed by atoms with E-state index in [1.54, 1.807) is 30.3 Å². The summed E-state index contributed by atoms with van der Waals surface area (Å²) < 4.78 is 47.1. The number of nitrogens with one attached hydrogen (secondary N) is 3. The number of rotatable bonds is 9. The lowest BCUT2D eigenvalue weighted by Crippen LogP contribution is -2.39. The van der Waals surface area contributed by atoms with Gasteiger partial charge in [-0.1, -0.05) is 48.5 Å². The molecule has 0 saturated heterocycles. The minimum atomic E-state index is -4.66. The number of amides is 1. The van der Waals surface area contributed by atoms with Crippen molar-refractivity contribution in [3.05, 3.63) is 89.0 Å². The van der Waals surface area contributed by atoms with Gasteiger partial charge in [-0.25, -0.2) is 0 Å². The fourth-order valence-corrected chi connectivity index (χ4v) is 3.97. The van der Waals surface area contributed by atoms with Crippen molar-refractivity contribution in [1.82, 2.24) is 10.2 Å². The average molecular weight is 545 g/mol. The molecule has 38 heavy (non-hydrogen) atoms. The van der Waals surface area contributed by atoms with Crippen LogP contribution in [-0.2, 0) is 11.0 Å². The van der Waals surface area contributed by atoms with E-state index in [9.17, 15) is 18.0 Å². The van der Waals surface area contributed by atoms with Crippen molar-refractivity contribution < 1.29 is 22.7 Å². The van der Waals surface area contributed by atoms with E-state index < -0.39 is 23.7 Å². The number of alkyl halides is 3. The zero-order valence-corrected chi connectivity index (χ0v) is 22.5. The van der Waals surface area contributed by atoms with Gasteiger partial charge in [0.15, 0.2) is 5.11 Å². The van der Waals surface area contributed by atoms with Gasteiger partial charge in [-0.2, -0.15) is 13.2 Å². The predicted molar refractivity (Wildman–Crippen MR) is 149 cm³/mol. The number of likely N-dealkylation sites (N-methyl/N-ethyl adjacent to an activating group) is 1. The molecule has 0 aliphatic heterocycles. The number of carbonyl (C=O) groups is 1. The summed E-state index contributed by atoms with van der Waals surface area (Å²) in [6, 6.07) is 17.2. The molecule has 1 amide bonds. The van der Waals surface area contributed by atoms with E-state index in [2.05, 4.69) is 16.0 Å². The smallest absolute Gasteiger partial charge is 0.418 e. The van der Waals surface area contributed by atoms with Gasteiger partial charge in [0.1, 0.15) is 18.4 Å². The van der Waals surface area contributed by atoms with Crippen LogP contribution in [0.3, 0.4) is 0 Å². The highest BCUT2D eigenvalue weighted by atomic mass is 32.1. The highest BCUT2D eigenvalue weighted by molar-refractivity contribution is 7.80. The molecule has 3 rings (SSSR count). The first-order chi connectivity index (χ1) is 18.0. The minimum absolute atomic E-state index is 0.0961. The summed E-state index contributed by atoms with van der Waals surface area (Å²) in [6.45, 7) is 4.56. The number of carbonyl (C=O) groups excluding carboxylic acids is 1. The molecule has 1 unspecified atom stereocenters. The average Bonchev–Trinajstić information content (AvgIpc) is 2.85. The van der Waals surface area contributed by atoms with Crippen molar-refractivity contribution >= 4 is 34.6 Å². The van der Waals surface area contributed by atoms with Gasteiger partial charge in [0.25, 0.3) is 5.91 Å². The number of benzene rings is 3. The van der Waals surface area contributed by atoms with E-state index in [0.29, 0.717) is 17.8 Å². The molecule has 202 valence electrons. The number of hydrogen-bond donors (Lipinski definition) is 3. The standard InChI is InChI=1S/C28H31F3N4O2S/c1-18-9-8-10-19(2)24(18)33-26(36)25(20-11-6-5-7-12-20)34-27(38)32-23-14-13-21(37-16-15-35(3)4)17-22(23)28(29,30)31/h5-14,17,25H,15-16H2,1-4H3,(H,33,36)(H2,32,34,38). The van der Waals surface area contributed by atoms with Crippen molar-refractivity contribution in [2.24, 2.45) is 0 Å². The summed E-state index contributed by atoms with van der Waals surface area (Å²) in [5.41, 5.74) is 1.85.